The minimum atomic E-state index is -1.82. The van der Waals surface area contributed by atoms with Crippen molar-refractivity contribution in [3.63, 3.8) is 0 Å². The third kappa shape index (κ3) is 7.03. The number of imidazole rings is 1. The Kier molecular flexibility index (Phi) is 9.19. The van der Waals surface area contributed by atoms with Gasteiger partial charge in [0.1, 0.15) is 17.0 Å². The summed E-state index contributed by atoms with van der Waals surface area (Å²) in [7, 11) is 0. The molecule has 0 unspecified atom stereocenters. The van der Waals surface area contributed by atoms with Gasteiger partial charge < -0.3 is 29.9 Å². The van der Waals surface area contributed by atoms with Crippen molar-refractivity contribution in [3.05, 3.63) is 84.1 Å². The Bertz CT molecular complexity index is 1620. The zero-order valence-corrected chi connectivity index (χ0v) is 24.9. The van der Waals surface area contributed by atoms with Crippen LogP contribution in [-0.2, 0) is 22.6 Å². The zero-order chi connectivity index (χ0) is 31.3. The van der Waals surface area contributed by atoms with E-state index >= 15 is 0 Å². The number of anilines is 1. The van der Waals surface area contributed by atoms with Gasteiger partial charge in [0.2, 0.25) is 0 Å². The van der Waals surface area contributed by atoms with Crippen LogP contribution >= 0.6 is 0 Å². The molecular formula is C32H37N7O5. The van der Waals surface area contributed by atoms with Gasteiger partial charge in [-0.3, -0.25) is 9.78 Å². The van der Waals surface area contributed by atoms with Crippen LogP contribution in [0.15, 0.2) is 67.0 Å². The largest absolute Gasteiger partial charge is 0.473 e. The number of carboxylic acids is 2. The van der Waals surface area contributed by atoms with E-state index in [2.05, 4.69) is 44.7 Å². The molecule has 0 aliphatic carbocycles. The molecule has 230 valence electrons. The quantitative estimate of drug-likeness (QED) is 0.269. The summed E-state index contributed by atoms with van der Waals surface area (Å²) in [6.45, 7) is 8.51. The van der Waals surface area contributed by atoms with Crippen LogP contribution in [0, 0.1) is 5.92 Å². The van der Waals surface area contributed by atoms with Gasteiger partial charge in [-0.05, 0) is 82.1 Å². The molecule has 1 amide bonds. The van der Waals surface area contributed by atoms with Gasteiger partial charge in [-0.2, -0.15) is 0 Å². The number of amides is 1. The molecule has 2 aliphatic heterocycles. The summed E-state index contributed by atoms with van der Waals surface area (Å²) in [6.07, 6.45) is 6.86. The number of aliphatic carboxylic acids is 2. The lowest BCUT2D eigenvalue weighted by molar-refractivity contribution is -0.159. The van der Waals surface area contributed by atoms with Crippen LogP contribution in [0.1, 0.15) is 48.6 Å². The molecule has 12 heteroatoms. The van der Waals surface area contributed by atoms with Crippen LogP contribution in [0.4, 0.5) is 5.69 Å². The summed E-state index contributed by atoms with van der Waals surface area (Å²) in [5, 5.41) is 18.3. The van der Waals surface area contributed by atoms with Crippen molar-refractivity contribution in [1.82, 2.24) is 29.3 Å². The first-order valence-corrected chi connectivity index (χ1v) is 14.7. The molecular weight excluding hydrogens is 562 g/mol. The number of fused-ring (bicyclic) bond motifs is 2. The fraction of sp³-hybridized carbons (Fsp3) is 0.375. The number of piperidine rings is 1. The highest BCUT2D eigenvalue weighted by molar-refractivity contribution is 6.27. The molecule has 1 fully saturated rings. The Morgan fingerprint density at radius 3 is 2.34 bits per heavy atom. The predicted molar refractivity (Wildman–Crippen MR) is 164 cm³/mol. The maximum absolute atomic E-state index is 13.2. The smallest absolute Gasteiger partial charge is 0.414 e. The Morgan fingerprint density at radius 1 is 0.932 bits per heavy atom. The molecule has 5 heterocycles. The van der Waals surface area contributed by atoms with Crippen LogP contribution < -0.4 is 5.32 Å². The number of hydrogen-bond acceptors (Lipinski definition) is 8. The van der Waals surface area contributed by atoms with Crippen molar-refractivity contribution in [3.8, 4) is 0 Å². The minimum absolute atomic E-state index is 0.111. The minimum Gasteiger partial charge on any atom is -0.473 e. The molecule has 2 aliphatic rings. The highest BCUT2D eigenvalue weighted by atomic mass is 16.4. The van der Waals surface area contributed by atoms with Crippen LogP contribution in [0.3, 0.4) is 0 Å². The molecule has 0 saturated carbocycles. The molecule has 0 atom stereocenters. The number of carboxylic acid groups (broad SMARTS) is 2. The number of pyridine rings is 2. The van der Waals surface area contributed by atoms with Crippen molar-refractivity contribution < 1.29 is 24.6 Å². The zero-order valence-electron chi connectivity index (χ0n) is 24.9. The number of aromatic nitrogens is 4. The van der Waals surface area contributed by atoms with Crippen molar-refractivity contribution in [2.24, 2.45) is 5.92 Å². The number of nitrogens with one attached hydrogen (secondary N) is 1. The molecule has 3 aromatic heterocycles. The molecule has 1 saturated heterocycles. The molecule has 44 heavy (non-hydrogen) atoms. The van der Waals surface area contributed by atoms with E-state index in [1.807, 2.05) is 65.8 Å². The fourth-order valence-electron chi connectivity index (χ4n) is 5.85. The van der Waals surface area contributed by atoms with E-state index in [-0.39, 0.29) is 5.91 Å². The first-order valence-electron chi connectivity index (χ1n) is 14.7. The number of para-hydroxylation sites is 1. The number of benzene rings is 1. The van der Waals surface area contributed by atoms with Gasteiger partial charge in [-0.25, -0.2) is 19.6 Å². The van der Waals surface area contributed by atoms with Crippen LogP contribution in [0.5, 0.6) is 0 Å². The van der Waals surface area contributed by atoms with E-state index in [4.69, 9.17) is 24.8 Å². The topological polar surface area (TPSA) is 154 Å². The molecule has 0 bridgehead atoms. The highest BCUT2D eigenvalue weighted by Crippen LogP contribution is 2.31. The van der Waals surface area contributed by atoms with Crippen molar-refractivity contribution in [2.75, 3.05) is 31.5 Å². The lowest BCUT2D eigenvalue weighted by Crippen LogP contribution is -2.58. The summed E-state index contributed by atoms with van der Waals surface area (Å²) < 4.78 is 2.24. The number of carbonyl (C=O) groups excluding carboxylic acids is 1. The highest BCUT2D eigenvalue weighted by Gasteiger charge is 2.37. The number of carbonyl (C=O) groups is 3. The Morgan fingerprint density at radius 2 is 1.64 bits per heavy atom. The SMILES string of the molecule is CC1(C)Nc2ccccc2C(=O)N1CCN1CCC(Cc2nc3cccnc3n2Cc2ccccn2)CC1.O=C(O)C(=O)O. The first kappa shape index (κ1) is 30.6. The molecule has 0 radical (unpaired) electrons. The van der Waals surface area contributed by atoms with E-state index in [1.54, 1.807) is 0 Å². The second-order valence-corrected chi connectivity index (χ2v) is 11.6. The van der Waals surface area contributed by atoms with E-state index in [0.29, 0.717) is 19.0 Å². The van der Waals surface area contributed by atoms with Crippen LogP contribution in [0.2, 0.25) is 0 Å². The van der Waals surface area contributed by atoms with Gasteiger partial charge in [0.05, 0.1) is 17.8 Å². The lowest BCUT2D eigenvalue weighted by atomic mass is 9.93. The Balaban J connectivity index is 0.000000584. The van der Waals surface area contributed by atoms with Gasteiger partial charge in [-0.15, -0.1) is 0 Å². The standard InChI is InChI=1S/C30H35N7O.C2H2O4/c1-30(2)34-25-10-4-3-9-24(25)29(38)37(30)19-18-35-16-12-22(13-17-35)20-27-33-26-11-7-15-32-28(26)36(27)21-23-8-5-6-14-31-23;3-1(4)2(5)6/h3-11,14-15,22,34H,12-13,16-21H2,1-2H3;(H,3,4)(H,5,6). The van der Waals surface area contributed by atoms with Crippen molar-refractivity contribution in [2.45, 2.75) is 45.3 Å². The predicted octanol–water partition coefficient (Wildman–Crippen LogP) is 3.59. The van der Waals surface area contributed by atoms with Crippen LogP contribution in [0.25, 0.3) is 11.2 Å². The van der Waals surface area contributed by atoms with Gasteiger partial charge in [0, 0.05) is 37.6 Å². The second-order valence-electron chi connectivity index (χ2n) is 11.6. The summed E-state index contributed by atoms with van der Waals surface area (Å²) in [6, 6.07) is 17.8. The van der Waals surface area contributed by atoms with E-state index in [1.165, 1.54) is 0 Å². The monoisotopic (exact) mass is 599 g/mol. The maximum Gasteiger partial charge on any atom is 0.414 e. The molecule has 12 nitrogen and oxygen atoms in total. The fourth-order valence-corrected chi connectivity index (χ4v) is 5.85. The number of rotatable bonds is 7. The van der Waals surface area contributed by atoms with Crippen molar-refractivity contribution >= 4 is 34.7 Å². The molecule has 3 N–H and O–H groups in total. The molecule has 6 rings (SSSR count). The van der Waals surface area contributed by atoms with E-state index in [0.717, 1.165) is 72.8 Å². The number of hydrogen-bond donors (Lipinski definition) is 3. The maximum atomic E-state index is 13.2. The Labute approximate surface area is 255 Å². The third-order valence-corrected chi connectivity index (χ3v) is 8.15. The van der Waals surface area contributed by atoms with E-state index in [9.17, 15) is 4.79 Å². The molecule has 1 aromatic carbocycles. The van der Waals surface area contributed by atoms with Crippen LogP contribution in [-0.4, -0.2) is 89.2 Å². The van der Waals surface area contributed by atoms with Gasteiger partial charge >= 0.3 is 11.9 Å². The summed E-state index contributed by atoms with van der Waals surface area (Å²) in [5.74, 6) is -1.87. The first-order chi connectivity index (χ1) is 21.1. The number of likely N-dealkylation sites (tertiary alicyclic amines) is 1. The van der Waals surface area contributed by atoms with E-state index < -0.39 is 17.6 Å². The van der Waals surface area contributed by atoms with Gasteiger partial charge in [0.25, 0.3) is 5.91 Å². The third-order valence-electron chi connectivity index (χ3n) is 8.15. The summed E-state index contributed by atoms with van der Waals surface area (Å²) >= 11 is 0. The van der Waals surface area contributed by atoms with Gasteiger partial charge in [-0.1, -0.05) is 18.2 Å². The Hall–Kier alpha value is -4.84. The summed E-state index contributed by atoms with van der Waals surface area (Å²) in [5.41, 5.74) is 4.15. The van der Waals surface area contributed by atoms with Gasteiger partial charge in [0.15, 0.2) is 5.65 Å². The second kappa shape index (κ2) is 13.2. The number of nitrogens with zero attached hydrogens (tertiary/aromatic N) is 6. The summed E-state index contributed by atoms with van der Waals surface area (Å²) in [4.78, 5) is 50.1. The molecule has 4 aromatic rings. The average molecular weight is 600 g/mol. The molecule has 0 spiro atoms. The normalized spacial score (nSPS) is 16.5. The lowest BCUT2D eigenvalue weighted by Gasteiger charge is -2.45. The van der Waals surface area contributed by atoms with Crippen molar-refractivity contribution in [1.29, 1.82) is 0 Å². The average Bonchev–Trinajstić information content (AvgIpc) is 3.34.